The molecule has 1 aliphatic rings. The van der Waals surface area contributed by atoms with Gasteiger partial charge in [-0.15, -0.1) is 0 Å². The van der Waals surface area contributed by atoms with Gasteiger partial charge in [0.2, 0.25) is 0 Å². The van der Waals surface area contributed by atoms with Gasteiger partial charge < -0.3 is 20.8 Å². The topological polar surface area (TPSA) is 70.5 Å². The summed E-state index contributed by atoms with van der Waals surface area (Å²) in [5, 5.41) is 0. The van der Waals surface area contributed by atoms with Gasteiger partial charge in [0.1, 0.15) is 5.82 Å². The summed E-state index contributed by atoms with van der Waals surface area (Å²) in [6, 6.07) is 7.07. The first-order valence-electron chi connectivity index (χ1n) is 9.39. The molecule has 2 aromatic carbocycles. The Labute approximate surface area is 175 Å². The maximum absolute atomic E-state index is 13.7. The van der Waals surface area contributed by atoms with Crippen molar-refractivity contribution in [2.45, 2.75) is 58.7 Å². The van der Waals surface area contributed by atoms with Gasteiger partial charge in [0.15, 0.2) is 0 Å². The van der Waals surface area contributed by atoms with Gasteiger partial charge in [-0.05, 0) is 87.8 Å². The van der Waals surface area contributed by atoms with Crippen LogP contribution in [0.4, 0.5) is 15.8 Å². The summed E-state index contributed by atoms with van der Waals surface area (Å²) in [6.07, 6.45) is 1.50. The SMILES string of the molecule is Cc1cc(CCC2(C)OB(c3cc(N)c(F)cc3C)OC2(C)C)c(N)cc1Br. The Balaban J connectivity index is 1.84. The summed E-state index contributed by atoms with van der Waals surface area (Å²) in [4.78, 5) is 0. The molecule has 0 bridgehead atoms. The monoisotopic (exact) mass is 448 g/mol. The molecule has 28 heavy (non-hydrogen) atoms. The lowest BCUT2D eigenvalue weighted by Gasteiger charge is -2.36. The van der Waals surface area contributed by atoms with Gasteiger partial charge in [0, 0.05) is 10.2 Å². The Morgan fingerprint density at radius 2 is 1.68 bits per heavy atom. The zero-order valence-electron chi connectivity index (χ0n) is 17.0. The third kappa shape index (κ3) is 3.80. The van der Waals surface area contributed by atoms with Crippen LogP contribution in [0.3, 0.4) is 0 Å². The molecule has 0 radical (unpaired) electrons. The summed E-state index contributed by atoms with van der Waals surface area (Å²) >= 11 is 3.52. The second-order valence-corrected chi connectivity index (χ2v) is 9.19. The fourth-order valence-electron chi connectivity index (χ4n) is 3.59. The number of halogens is 2. The molecule has 0 aromatic heterocycles. The van der Waals surface area contributed by atoms with Crippen molar-refractivity contribution in [3.63, 3.8) is 0 Å². The number of aryl methyl sites for hydroxylation is 3. The maximum atomic E-state index is 13.7. The highest BCUT2D eigenvalue weighted by Crippen LogP contribution is 2.41. The highest BCUT2D eigenvalue weighted by Gasteiger charge is 2.54. The molecule has 0 aliphatic carbocycles. The minimum Gasteiger partial charge on any atom is -0.399 e. The van der Waals surface area contributed by atoms with Crippen LogP contribution in [0.2, 0.25) is 0 Å². The molecule has 4 nitrogen and oxygen atoms in total. The Hall–Kier alpha value is -1.57. The van der Waals surface area contributed by atoms with Gasteiger partial charge in [-0.25, -0.2) is 4.39 Å². The molecule has 1 aliphatic heterocycles. The van der Waals surface area contributed by atoms with E-state index in [-0.39, 0.29) is 5.69 Å². The van der Waals surface area contributed by atoms with Crippen LogP contribution in [-0.2, 0) is 15.7 Å². The summed E-state index contributed by atoms with van der Waals surface area (Å²) < 4.78 is 27.4. The lowest BCUT2D eigenvalue weighted by atomic mass is 9.76. The van der Waals surface area contributed by atoms with E-state index in [0.29, 0.717) is 0 Å². The average molecular weight is 449 g/mol. The number of nitrogen functional groups attached to an aromatic ring is 2. The van der Waals surface area contributed by atoms with Crippen molar-refractivity contribution in [3.05, 3.63) is 51.2 Å². The van der Waals surface area contributed by atoms with Gasteiger partial charge in [-0.3, -0.25) is 0 Å². The second-order valence-electron chi connectivity index (χ2n) is 8.34. The van der Waals surface area contributed by atoms with Crippen LogP contribution in [-0.4, -0.2) is 18.3 Å². The number of benzene rings is 2. The first-order valence-corrected chi connectivity index (χ1v) is 10.2. The third-order valence-corrected chi connectivity index (χ3v) is 6.83. The Bertz CT molecular complexity index is 922. The first kappa shape index (κ1) is 21.2. The van der Waals surface area contributed by atoms with Crippen molar-refractivity contribution in [1.29, 1.82) is 0 Å². The molecule has 4 N–H and O–H groups in total. The Kier molecular flexibility index (Phi) is 5.56. The molecule has 3 rings (SSSR count). The van der Waals surface area contributed by atoms with Crippen molar-refractivity contribution < 1.29 is 13.7 Å². The van der Waals surface area contributed by atoms with Crippen LogP contribution >= 0.6 is 15.9 Å². The van der Waals surface area contributed by atoms with Gasteiger partial charge in [0.25, 0.3) is 0 Å². The summed E-state index contributed by atoms with van der Waals surface area (Å²) in [6.45, 7) is 9.97. The summed E-state index contributed by atoms with van der Waals surface area (Å²) in [7, 11) is -0.591. The second kappa shape index (κ2) is 7.36. The number of nitrogens with two attached hydrogens (primary N) is 2. The molecule has 1 fully saturated rings. The molecule has 2 aromatic rings. The van der Waals surface area contributed by atoms with Crippen molar-refractivity contribution in [2.75, 3.05) is 11.5 Å². The van der Waals surface area contributed by atoms with Crippen molar-refractivity contribution >= 4 is 39.9 Å². The predicted octanol–water partition coefficient (Wildman–Crippen LogP) is 4.28. The molecular formula is C21H27BBrFN2O2. The van der Waals surface area contributed by atoms with E-state index in [1.807, 2.05) is 33.8 Å². The number of rotatable bonds is 4. The van der Waals surface area contributed by atoms with Crippen molar-refractivity contribution in [2.24, 2.45) is 0 Å². The van der Waals surface area contributed by atoms with Gasteiger partial charge in [-0.2, -0.15) is 0 Å². The fraction of sp³-hybridized carbons (Fsp3) is 0.429. The highest BCUT2D eigenvalue weighted by molar-refractivity contribution is 9.10. The van der Waals surface area contributed by atoms with Crippen LogP contribution in [0.1, 0.15) is 43.9 Å². The van der Waals surface area contributed by atoms with Gasteiger partial charge >= 0.3 is 7.12 Å². The van der Waals surface area contributed by atoms with Crippen LogP contribution < -0.4 is 16.9 Å². The van der Waals surface area contributed by atoms with E-state index >= 15 is 0 Å². The largest absolute Gasteiger partial charge is 0.495 e. The quantitative estimate of drug-likeness (QED) is 0.540. The maximum Gasteiger partial charge on any atom is 0.495 e. The van der Waals surface area contributed by atoms with E-state index in [4.69, 9.17) is 20.8 Å². The molecule has 0 amide bonds. The minimum absolute atomic E-state index is 0.0947. The van der Waals surface area contributed by atoms with Crippen molar-refractivity contribution in [1.82, 2.24) is 0 Å². The molecule has 1 heterocycles. The Morgan fingerprint density at radius 1 is 1.00 bits per heavy atom. The zero-order valence-corrected chi connectivity index (χ0v) is 18.6. The number of anilines is 2. The Morgan fingerprint density at radius 3 is 2.36 bits per heavy atom. The predicted molar refractivity (Wildman–Crippen MR) is 117 cm³/mol. The summed E-state index contributed by atoms with van der Waals surface area (Å²) in [5.74, 6) is -0.428. The van der Waals surface area contributed by atoms with E-state index in [0.717, 1.165) is 45.2 Å². The molecule has 1 unspecified atom stereocenters. The van der Waals surface area contributed by atoms with E-state index in [9.17, 15) is 4.39 Å². The normalized spacial score (nSPS) is 21.3. The fourth-order valence-corrected chi connectivity index (χ4v) is 3.95. The molecule has 1 saturated heterocycles. The van der Waals surface area contributed by atoms with Crippen LogP contribution in [0.15, 0.2) is 28.7 Å². The van der Waals surface area contributed by atoms with Gasteiger partial charge in [0.05, 0.1) is 16.9 Å². The van der Waals surface area contributed by atoms with Crippen LogP contribution in [0.25, 0.3) is 0 Å². The standard InChI is InChI=1S/C21H27BBrFN2O2/c1-12-9-17(24)19(26)10-15(12)22-27-20(3,4)21(5,28-22)7-6-14-8-13(2)16(23)11-18(14)25/h8-11H,6-7,25-26H2,1-5H3. The average Bonchev–Trinajstić information content (AvgIpc) is 2.83. The molecular weight excluding hydrogens is 422 g/mol. The molecule has 150 valence electrons. The number of hydrogen-bond acceptors (Lipinski definition) is 4. The molecule has 1 atom stereocenters. The smallest absolute Gasteiger partial charge is 0.399 e. The highest BCUT2D eigenvalue weighted by atomic mass is 79.9. The lowest BCUT2D eigenvalue weighted by Crippen LogP contribution is -2.45. The van der Waals surface area contributed by atoms with Crippen LogP contribution in [0, 0.1) is 19.7 Å². The molecule has 0 saturated carbocycles. The van der Waals surface area contributed by atoms with Gasteiger partial charge in [-0.1, -0.05) is 22.0 Å². The van der Waals surface area contributed by atoms with Crippen LogP contribution in [0.5, 0.6) is 0 Å². The third-order valence-electron chi connectivity index (χ3n) is 5.97. The summed E-state index contributed by atoms with van der Waals surface area (Å²) in [5.41, 5.74) is 15.5. The minimum atomic E-state index is -0.591. The zero-order chi connectivity index (χ0) is 20.9. The molecule has 0 spiro atoms. The molecule has 7 heteroatoms. The lowest BCUT2D eigenvalue weighted by molar-refractivity contribution is -0.0152. The van der Waals surface area contributed by atoms with Crippen molar-refractivity contribution in [3.8, 4) is 0 Å². The van der Waals surface area contributed by atoms with E-state index in [2.05, 4.69) is 28.9 Å². The first-order chi connectivity index (χ1) is 12.9. The number of hydrogen-bond donors (Lipinski definition) is 2. The van der Waals surface area contributed by atoms with E-state index in [1.165, 1.54) is 6.07 Å². The van der Waals surface area contributed by atoms with E-state index < -0.39 is 24.1 Å². The van der Waals surface area contributed by atoms with E-state index in [1.54, 1.807) is 6.07 Å².